The molecule has 0 saturated carbocycles. The first-order chi connectivity index (χ1) is 9.25. The number of aryl methyl sites for hydroxylation is 1. The Balaban J connectivity index is 1.78. The van der Waals surface area contributed by atoms with Gasteiger partial charge < -0.3 is 4.74 Å². The summed E-state index contributed by atoms with van der Waals surface area (Å²) in [4.78, 5) is 11.7. The highest BCUT2D eigenvalue weighted by Crippen LogP contribution is 2.17. The zero-order valence-electron chi connectivity index (χ0n) is 10.5. The van der Waals surface area contributed by atoms with Gasteiger partial charge in [-0.2, -0.15) is 0 Å². The van der Waals surface area contributed by atoms with Crippen molar-refractivity contribution in [3.8, 4) is 0 Å². The molecule has 2 rings (SSSR count). The van der Waals surface area contributed by atoms with Gasteiger partial charge in [0, 0.05) is 10.9 Å². The molecule has 0 fully saturated rings. The van der Waals surface area contributed by atoms with E-state index in [4.69, 9.17) is 4.74 Å². The average Bonchev–Trinajstić information content (AvgIpc) is 2.45. The SMILES string of the molecule is O=C(CCc1ccccc1Br)OCc1ccccc1. The lowest BCUT2D eigenvalue weighted by Gasteiger charge is -2.06. The molecule has 0 atom stereocenters. The molecule has 2 aromatic carbocycles. The third-order valence-electron chi connectivity index (χ3n) is 2.80. The Morgan fingerprint density at radius 1 is 1.00 bits per heavy atom. The van der Waals surface area contributed by atoms with Crippen LogP contribution in [0.25, 0.3) is 0 Å². The summed E-state index contributed by atoms with van der Waals surface area (Å²) in [6, 6.07) is 17.6. The zero-order valence-corrected chi connectivity index (χ0v) is 12.1. The Labute approximate surface area is 121 Å². The van der Waals surface area contributed by atoms with Gasteiger partial charge >= 0.3 is 5.97 Å². The van der Waals surface area contributed by atoms with E-state index in [9.17, 15) is 4.79 Å². The summed E-state index contributed by atoms with van der Waals surface area (Å²) in [5.41, 5.74) is 2.14. The minimum Gasteiger partial charge on any atom is -0.461 e. The number of rotatable bonds is 5. The summed E-state index contributed by atoms with van der Waals surface area (Å²) in [5, 5.41) is 0. The number of carbonyl (C=O) groups excluding carboxylic acids is 1. The van der Waals surface area contributed by atoms with Crippen LogP contribution in [-0.2, 0) is 22.6 Å². The van der Waals surface area contributed by atoms with Crippen molar-refractivity contribution in [1.82, 2.24) is 0 Å². The molecule has 0 radical (unpaired) electrons. The Morgan fingerprint density at radius 3 is 2.42 bits per heavy atom. The lowest BCUT2D eigenvalue weighted by atomic mass is 10.1. The fraction of sp³-hybridized carbons (Fsp3) is 0.188. The predicted molar refractivity (Wildman–Crippen MR) is 78.7 cm³/mol. The Morgan fingerprint density at radius 2 is 1.68 bits per heavy atom. The average molecular weight is 319 g/mol. The minimum atomic E-state index is -0.167. The molecule has 0 aliphatic rings. The number of benzene rings is 2. The smallest absolute Gasteiger partial charge is 0.306 e. The van der Waals surface area contributed by atoms with Gasteiger partial charge in [-0.15, -0.1) is 0 Å². The van der Waals surface area contributed by atoms with Crippen molar-refractivity contribution in [3.05, 3.63) is 70.2 Å². The molecule has 0 bridgehead atoms. The van der Waals surface area contributed by atoms with Crippen molar-refractivity contribution < 1.29 is 9.53 Å². The van der Waals surface area contributed by atoms with Gasteiger partial charge in [0.2, 0.25) is 0 Å². The van der Waals surface area contributed by atoms with Crippen molar-refractivity contribution in [2.45, 2.75) is 19.4 Å². The normalized spacial score (nSPS) is 10.2. The van der Waals surface area contributed by atoms with Crippen molar-refractivity contribution in [3.63, 3.8) is 0 Å². The van der Waals surface area contributed by atoms with Crippen LogP contribution in [0.2, 0.25) is 0 Å². The Hall–Kier alpha value is -1.61. The van der Waals surface area contributed by atoms with Crippen LogP contribution in [0.4, 0.5) is 0 Å². The molecular formula is C16H15BrO2. The molecule has 19 heavy (non-hydrogen) atoms. The topological polar surface area (TPSA) is 26.3 Å². The molecule has 2 aromatic rings. The molecule has 0 spiro atoms. The van der Waals surface area contributed by atoms with Gasteiger partial charge in [0.05, 0.1) is 0 Å². The van der Waals surface area contributed by atoms with Crippen molar-refractivity contribution in [2.75, 3.05) is 0 Å². The zero-order chi connectivity index (χ0) is 13.5. The number of ether oxygens (including phenoxy) is 1. The molecule has 0 N–H and O–H groups in total. The highest BCUT2D eigenvalue weighted by Gasteiger charge is 2.06. The molecular weight excluding hydrogens is 304 g/mol. The van der Waals surface area contributed by atoms with Crippen LogP contribution in [-0.4, -0.2) is 5.97 Å². The second kappa shape index (κ2) is 7.10. The number of halogens is 1. The van der Waals surface area contributed by atoms with Gasteiger partial charge in [0.1, 0.15) is 6.61 Å². The third-order valence-corrected chi connectivity index (χ3v) is 3.57. The second-order valence-corrected chi connectivity index (χ2v) is 5.09. The summed E-state index contributed by atoms with van der Waals surface area (Å²) in [7, 11) is 0. The Bertz CT molecular complexity index is 537. The maximum Gasteiger partial charge on any atom is 0.306 e. The van der Waals surface area contributed by atoms with Crippen LogP contribution in [0.1, 0.15) is 17.5 Å². The van der Waals surface area contributed by atoms with E-state index >= 15 is 0 Å². The molecule has 0 heterocycles. The van der Waals surface area contributed by atoms with Crippen LogP contribution in [0.15, 0.2) is 59.1 Å². The van der Waals surface area contributed by atoms with E-state index in [2.05, 4.69) is 15.9 Å². The summed E-state index contributed by atoms with van der Waals surface area (Å²) in [6.07, 6.45) is 1.09. The van der Waals surface area contributed by atoms with Gasteiger partial charge in [0.25, 0.3) is 0 Å². The molecule has 0 unspecified atom stereocenters. The molecule has 2 nitrogen and oxygen atoms in total. The summed E-state index contributed by atoms with van der Waals surface area (Å²) in [6.45, 7) is 0.343. The molecule has 0 aliphatic heterocycles. The lowest BCUT2D eigenvalue weighted by Crippen LogP contribution is -2.06. The number of hydrogen-bond acceptors (Lipinski definition) is 2. The maximum atomic E-state index is 11.7. The van der Waals surface area contributed by atoms with Crippen LogP contribution < -0.4 is 0 Å². The van der Waals surface area contributed by atoms with Crippen LogP contribution in [0.3, 0.4) is 0 Å². The molecule has 0 saturated heterocycles. The fourth-order valence-corrected chi connectivity index (χ4v) is 2.23. The van der Waals surface area contributed by atoms with Crippen molar-refractivity contribution in [2.24, 2.45) is 0 Å². The highest BCUT2D eigenvalue weighted by atomic mass is 79.9. The summed E-state index contributed by atoms with van der Waals surface area (Å²) < 4.78 is 6.27. The Kier molecular flexibility index (Phi) is 5.16. The van der Waals surface area contributed by atoms with E-state index in [0.29, 0.717) is 19.4 Å². The van der Waals surface area contributed by atoms with Crippen LogP contribution in [0.5, 0.6) is 0 Å². The van der Waals surface area contributed by atoms with Gasteiger partial charge in [-0.3, -0.25) is 4.79 Å². The first-order valence-electron chi connectivity index (χ1n) is 6.18. The van der Waals surface area contributed by atoms with Crippen molar-refractivity contribution in [1.29, 1.82) is 0 Å². The number of carbonyl (C=O) groups is 1. The van der Waals surface area contributed by atoms with Crippen LogP contribution in [0, 0.1) is 0 Å². The quantitative estimate of drug-likeness (QED) is 0.775. The summed E-state index contributed by atoms with van der Waals surface area (Å²) in [5.74, 6) is -0.167. The molecule has 3 heteroatoms. The van der Waals surface area contributed by atoms with Gasteiger partial charge in [-0.25, -0.2) is 0 Å². The molecule has 0 aromatic heterocycles. The molecule has 98 valence electrons. The second-order valence-electron chi connectivity index (χ2n) is 4.24. The van der Waals surface area contributed by atoms with Crippen LogP contribution >= 0.6 is 15.9 Å². The monoisotopic (exact) mass is 318 g/mol. The van der Waals surface area contributed by atoms with Gasteiger partial charge in [-0.1, -0.05) is 64.5 Å². The van der Waals surface area contributed by atoms with E-state index in [1.54, 1.807) is 0 Å². The van der Waals surface area contributed by atoms with E-state index < -0.39 is 0 Å². The fourth-order valence-electron chi connectivity index (χ4n) is 1.75. The number of hydrogen-bond donors (Lipinski definition) is 0. The van der Waals surface area contributed by atoms with E-state index in [-0.39, 0.29) is 5.97 Å². The predicted octanol–water partition coefficient (Wildman–Crippen LogP) is 4.13. The standard InChI is InChI=1S/C16H15BrO2/c17-15-9-5-4-8-14(15)10-11-16(18)19-12-13-6-2-1-3-7-13/h1-9H,10-12H2. The van der Waals surface area contributed by atoms with E-state index in [1.165, 1.54) is 0 Å². The largest absolute Gasteiger partial charge is 0.461 e. The van der Waals surface area contributed by atoms with Gasteiger partial charge in [0.15, 0.2) is 0 Å². The summed E-state index contributed by atoms with van der Waals surface area (Å²) >= 11 is 3.47. The van der Waals surface area contributed by atoms with E-state index in [0.717, 1.165) is 15.6 Å². The molecule has 0 amide bonds. The van der Waals surface area contributed by atoms with Gasteiger partial charge in [-0.05, 0) is 23.6 Å². The number of esters is 1. The van der Waals surface area contributed by atoms with E-state index in [1.807, 2.05) is 54.6 Å². The first-order valence-corrected chi connectivity index (χ1v) is 6.98. The maximum absolute atomic E-state index is 11.7. The van der Waals surface area contributed by atoms with Crippen molar-refractivity contribution >= 4 is 21.9 Å². The molecule has 0 aliphatic carbocycles. The lowest BCUT2D eigenvalue weighted by molar-refractivity contribution is -0.144. The third kappa shape index (κ3) is 4.52. The highest BCUT2D eigenvalue weighted by molar-refractivity contribution is 9.10. The first kappa shape index (κ1) is 13.8. The minimum absolute atomic E-state index is 0.167.